The predicted octanol–water partition coefficient (Wildman–Crippen LogP) is 3.69. The van der Waals surface area contributed by atoms with E-state index in [-0.39, 0.29) is 16.0 Å². The van der Waals surface area contributed by atoms with E-state index < -0.39 is 34.2 Å². The highest BCUT2D eigenvalue weighted by atomic mass is 32.2. The first-order valence-corrected chi connectivity index (χ1v) is 10.3. The summed E-state index contributed by atoms with van der Waals surface area (Å²) in [6.07, 6.45) is 0. The van der Waals surface area contributed by atoms with E-state index in [1.54, 1.807) is 30.3 Å². The summed E-state index contributed by atoms with van der Waals surface area (Å²) >= 11 is 0. The molecular weight excluding hydrogens is 409 g/mol. The first-order chi connectivity index (χ1) is 14.3. The number of anilines is 1. The molecule has 0 saturated heterocycles. The van der Waals surface area contributed by atoms with Crippen LogP contribution in [-0.4, -0.2) is 33.8 Å². The van der Waals surface area contributed by atoms with Gasteiger partial charge in [-0.3, -0.25) is 9.10 Å². The van der Waals surface area contributed by atoms with E-state index in [1.807, 2.05) is 0 Å². The van der Waals surface area contributed by atoms with Crippen LogP contribution in [0.4, 0.5) is 10.1 Å². The molecule has 0 aliphatic rings. The van der Waals surface area contributed by atoms with E-state index in [9.17, 15) is 22.4 Å². The van der Waals surface area contributed by atoms with E-state index in [0.717, 1.165) is 16.4 Å². The van der Waals surface area contributed by atoms with E-state index >= 15 is 0 Å². The van der Waals surface area contributed by atoms with Crippen molar-refractivity contribution < 1.29 is 27.1 Å². The van der Waals surface area contributed by atoms with Gasteiger partial charge >= 0.3 is 5.97 Å². The minimum Gasteiger partial charge on any atom is -0.454 e. The average molecular weight is 427 g/mol. The average Bonchev–Trinajstić information content (AvgIpc) is 2.77. The fourth-order valence-electron chi connectivity index (χ4n) is 2.71. The molecule has 0 saturated carbocycles. The van der Waals surface area contributed by atoms with Gasteiger partial charge < -0.3 is 4.74 Å². The third-order valence-corrected chi connectivity index (χ3v) is 6.21. The van der Waals surface area contributed by atoms with Crippen LogP contribution < -0.4 is 4.31 Å². The number of hydrogen-bond donors (Lipinski definition) is 0. The van der Waals surface area contributed by atoms with Crippen LogP contribution in [0.1, 0.15) is 20.7 Å². The van der Waals surface area contributed by atoms with Crippen molar-refractivity contribution >= 4 is 27.5 Å². The quantitative estimate of drug-likeness (QED) is 0.424. The number of ketones is 1. The standard InChI is InChI=1S/C22H18FNO5S/c1-24(18-7-3-2-4-8-18)30(27,28)21-10-6-5-9-19(21)22(26)29-15-20(25)16-11-13-17(23)14-12-16/h2-14H,15H2,1H3. The Morgan fingerprint density at radius 2 is 1.50 bits per heavy atom. The van der Waals surface area contributed by atoms with Gasteiger partial charge in [-0.05, 0) is 48.5 Å². The van der Waals surface area contributed by atoms with E-state index in [1.165, 1.54) is 43.4 Å². The minimum absolute atomic E-state index is 0.175. The molecule has 0 fully saturated rings. The van der Waals surface area contributed by atoms with Crippen molar-refractivity contribution in [3.8, 4) is 0 Å². The summed E-state index contributed by atoms with van der Waals surface area (Å²) in [5, 5.41) is 0. The van der Waals surface area contributed by atoms with Crippen molar-refractivity contribution in [2.24, 2.45) is 0 Å². The Kier molecular flexibility index (Phi) is 6.27. The highest BCUT2D eigenvalue weighted by molar-refractivity contribution is 7.92. The topological polar surface area (TPSA) is 80.8 Å². The molecule has 3 aromatic rings. The molecule has 0 aliphatic carbocycles. The lowest BCUT2D eigenvalue weighted by Gasteiger charge is -2.20. The highest BCUT2D eigenvalue weighted by Gasteiger charge is 2.27. The number of Topliss-reactive ketones (excluding diaryl/α,β-unsaturated/α-hetero) is 1. The van der Waals surface area contributed by atoms with Gasteiger partial charge in [-0.15, -0.1) is 0 Å². The molecule has 0 atom stereocenters. The zero-order valence-corrected chi connectivity index (χ0v) is 16.8. The molecular formula is C22H18FNO5S. The molecule has 3 aromatic carbocycles. The van der Waals surface area contributed by atoms with Crippen molar-refractivity contribution in [2.75, 3.05) is 18.0 Å². The second-order valence-electron chi connectivity index (χ2n) is 6.31. The van der Waals surface area contributed by atoms with Crippen LogP contribution in [0.5, 0.6) is 0 Å². The fourth-order valence-corrected chi connectivity index (χ4v) is 4.09. The van der Waals surface area contributed by atoms with Gasteiger partial charge in [-0.1, -0.05) is 30.3 Å². The monoisotopic (exact) mass is 427 g/mol. The molecule has 30 heavy (non-hydrogen) atoms. The molecule has 0 radical (unpaired) electrons. The molecule has 0 amide bonds. The number of hydrogen-bond acceptors (Lipinski definition) is 5. The first-order valence-electron chi connectivity index (χ1n) is 8.89. The van der Waals surface area contributed by atoms with Crippen LogP contribution in [0.15, 0.2) is 83.8 Å². The lowest BCUT2D eigenvalue weighted by molar-refractivity contribution is 0.0471. The lowest BCUT2D eigenvalue weighted by Crippen LogP contribution is -2.28. The summed E-state index contributed by atoms with van der Waals surface area (Å²) in [5.74, 6) is -1.98. The van der Waals surface area contributed by atoms with Gasteiger partial charge in [-0.25, -0.2) is 17.6 Å². The van der Waals surface area contributed by atoms with Gasteiger partial charge in [0.25, 0.3) is 10.0 Å². The maximum atomic E-state index is 13.1. The number of halogens is 1. The number of ether oxygens (including phenoxy) is 1. The lowest BCUT2D eigenvalue weighted by atomic mass is 10.1. The third-order valence-electron chi connectivity index (χ3n) is 4.37. The first kappa shape index (κ1) is 21.2. The van der Waals surface area contributed by atoms with Crippen molar-refractivity contribution in [1.29, 1.82) is 0 Å². The van der Waals surface area contributed by atoms with Gasteiger partial charge in [0.05, 0.1) is 11.3 Å². The van der Waals surface area contributed by atoms with Crippen LogP contribution in [0.3, 0.4) is 0 Å². The molecule has 0 aliphatic heterocycles. The SMILES string of the molecule is CN(c1ccccc1)S(=O)(=O)c1ccccc1C(=O)OCC(=O)c1ccc(F)cc1. The Morgan fingerprint density at radius 1 is 0.900 bits per heavy atom. The molecule has 0 spiro atoms. The van der Waals surface area contributed by atoms with Gasteiger partial charge in [0.15, 0.2) is 12.4 Å². The van der Waals surface area contributed by atoms with Crippen molar-refractivity contribution in [3.63, 3.8) is 0 Å². The Hall–Kier alpha value is -3.52. The summed E-state index contributed by atoms with van der Waals surface area (Å²) in [5.41, 5.74) is 0.410. The van der Waals surface area contributed by atoms with Gasteiger partial charge in [-0.2, -0.15) is 0 Å². The zero-order chi connectivity index (χ0) is 21.7. The number of carbonyl (C=O) groups excluding carboxylic acids is 2. The van der Waals surface area contributed by atoms with Crippen LogP contribution >= 0.6 is 0 Å². The fraction of sp³-hybridized carbons (Fsp3) is 0.0909. The number of sulfonamides is 1. The molecule has 154 valence electrons. The maximum absolute atomic E-state index is 13.1. The Balaban J connectivity index is 1.81. The maximum Gasteiger partial charge on any atom is 0.339 e. The smallest absolute Gasteiger partial charge is 0.339 e. The molecule has 0 bridgehead atoms. The van der Waals surface area contributed by atoms with Crippen LogP contribution in [0.2, 0.25) is 0 Å². The summed E-state index contributed by atoms with van der Waals surface area (Å²) in [6, 6.07) is 18.8. The highest BCUT2D eigenvalue weighted by Crippen LogP contribution is 2.25. The van der Waals surface area contributed by atoms with E-state index in [2.05, 4.69) is 0 Å². The van der Waals surface area contributed by atoms with E-state index in [0.29, 0.717) is 5.69 Å². The number of benzene rings is 3. The Bertz CT molecular complexity index is 1160. The summed E-state index contributed by atoms with van der Waals surface area (Å²) in [6.45, 7) is -0.604. The molecule has 8 heteroatoms. The zero-order valence-electron chi connectivity index (χ0n) is 16.0. The number of rotatable bonds is 7. The van der Waals surface area contributed by atoms with Crippen molar-refractivity contribution in [2.45, 2.75) is 4.90 Å². The van der Waals surface area contributed by atoms with Crippen molar-refractivity contribution in [1.82, 2.24) is 0 Å². The molecule has 0 heterocycles. The molecule has 6 nitrogen and oxygen atoms in total. The largest absolute Gasteiger partial charge is 0.454 e. The molecule has 0 aromatic heterocycles. The molecule has 3 rings (SSSR count). The Morgan fingerprint density at radius 3 is 2.17 bits per heavy atom. The summed E-state index contributed by atoms with van der Waals surface area (Å²) < 4.78 is 45.2. The summed E-state index contributed by atoms with van der Waals surface area (Å²) in [7, 11) is -2.68. The molecule has 0 unspecified atom stereocenters. The number of esters is 1. The number of carbonyl (C=O) groups is 2. The predicted molar refractivity (Wildman–Crippen MR) is 109 cm³/mol. The summed E-state index contributed by atoms with van der Waals surface area (Å²) in [4.78, 5) is 24.4. The minimum atomic E-state index is -4.06. The third kappa shape index (κ3) is 4.55. The van der Waals surface area contributed by atoms with Gasteiger partial charge in [0.2, 0.25) is 0 Å². The van der Waals surface area contributed by atoms with Crippen LogP contribution in [0.25, 0.3) is 0 Å². The number of nitrogens with zero attached hydrogens (tertiary/aromatic N) is 1. The van der Waals surface area contributed by atoms with Crippen LogP contribution in [0, 0.1) is 5.82 Å². The van der Waals surface area contributed by atoms with Crippen molar-refractivity contribution in [3.05, 3.63) is 95.8 Å². The second kappa shape index (κ2) is 8.87. The van der Waals surface area contributed by atoms with Gasteiger partial charge in [0, 0.05) is 12.6 Å². The normalized spacial score (nSPS) is 11.0. The van der Waals surface area contributed by atoms with Crippen LogP contribution in [-0.2, 0) is 14.8 Å². The molecule has 0 N–H and O–H groups in total. The van der Waals surface area contributed by atoms with E-state index in [4.69, 9.17) is 4.74 Å². The Labute approximate surface area is 173 Å². The van der Waals surface area contributed by atoms with Gasteiger partial charge in [0.1, 0.15) is 10.7 Å². The second-order valence-corrected chi connectivity index (χ2v) is 8.25. The number of para-hydroxylation sites is 1.